The number of halogens is 1. The summed E-state index contributed by atoms with van der Waals surface area (Å²) in [4.78, 5) is 14.8. The Balaban J connectivity index is 1.87. The van der Waals surface area contributed by atoms with Gasteiger partial charge in [-0.25, -0.2) is 0 Å². The van der Waals surface area contributed by atoms with Gasteiger partial charge in [0, 0.05) is 14.9 Å². The fourth-order valence-electron chi connectivity index (χ4n) is 2.78. The molecule has 2 heterocycles. The second-order valence-electron chi connectivity index (χ2n) is 5.26. The molecule has 3 aromatic rings. The highest BCUT2D eigenvalue weighted by Gasteiger charge is 2.35. The monoisotopic (exact) mass is 416 g/mol. The van der Waals surface area contributed by atoms with E-state index in [1.165, 1.54) is 0 Å². The zero-order valence-corrected chi connectivity index (χ0v) is 14.2. The van der Waals surface area contributed by atoms with E-state index in [-0.39, 0.29) is 12.1 Å². The minimum absolute atomic E-state index is 0.0372. The first-order chi connectivity index (χ1) is 11.2. The Morgan fingerprint density at radius 3 is 2.61 bits per heavy atom. The lowest BCUT2D eigenvalue weighted by atomic mass is 10.1. The summed E-state index contributed by atoms with van der Waals surface area (Å²) in [6.45, 7) is 0. The van der Waals surface area contributed by atoms with Crippen molar-refractivity contribution in [1.82, 2.24) is 0 Å². The van der Waals surface area contributed by atoms with E-state index in [9.17, 15) is 4.79 Å². The first kappa shape index (κ1) is 14.3. The normalized spacial score (nSPS) is 16.8. The van der Waals surface area contributed by atoms with E-state index in [0.717, 1.165) is 14.9 Å². The van der Waals surface area contributed by atoms with Crippen LogP contribution in [0, 0.1) is 3.57 Å². The number of hydrogen-bond acceptors (Lipinski definition) is 3. The van der Waals surface area contributed by atoms with E-state index in [1.807, 2.05) is 60.7 Å². The molecule has 1 N–H and O–H groups in total. The van der Waals surface area contributed by atoms with Gasteiger partial charge in [0.15, 0.2) is 6.17 Å². The molecule has 4 rings (SSSR count). The molecule has 2 aromatic carbocycles. The molecule has 4 nitrogen and oxygen atoms in total. The van der Waals surface area contributed by atoms with E-state index < -0.39 is 0 Å². The molecule has 1 atom stereocenters. The molecule has 0 saturated carbocycles. The van der Waals surface area contributed by atoms with Crippen LogP contribution < -0.4 is 10.2 Å². The Morgan fingerprint density at radius 1 is 1.04 bits per heavy atom. The Hall–Kier alpha value is -2.28. The van der Waals surface area contributed by atoms with Gasteiger partial charge in [0.25, 0.3) is 5.91 Å². The number of para-hydroxylation sites is 1. The van der Waals surface area contributed by atoms with Gasteiger partial charge in [-0.05, 0) is 65.1 Å². The SMILES string of the molecule is O=C1c2cc(I)ccc2N[C@H](c2ccco2)N1c1ccccc1. The topological polar surface area (TPSA) is 45.5 Å². The van der Waals surface area contributed by atoms with Gasteiger partial charge in [-0.3, -0.25) is 9.69 Å². The van der Waals surface area contributed by atoms with Crippen LogP contribution >= 0.6 is 22.6 Å². The van der Waals surface area contributed by atoms with Crippen molar-refractivity contribution in [3.63, 3.8) is 0 Å². The molecule has 0 unspecified atom stereocenters. The van der Waals surface area contributed by atoms with Gasteiger partial charge < -0.3 is 9.73 Å². The van der Waals surface area contributed by atoms with Gasteiger partial charge in [0.05, 0.1) is 11.8 Å². The highest BCUT2D eigenvalue weighted by atomic mass is 127. The minimum atomic E-state index is -0.368. The number of furan rings is 1. The molecule has 114 valence electrons. The molecular formula is C18H13IN2O2. The van der Waals surface area contributed by atoms with Crippen molar-refractivity contribution < 1.29 is 9.21 Å². The van der Waals surface area contributed by atoms with Crippen molar-refractivity contribution in [2.75, 3.05) is 10.2 Å². The predicted octanol–water partition coefficient (Wildman–Crippen LogP) is 4.66. The fourth-order valence-corrected chi connectivity index (χ4v) is 3.27. The maximum Gasteiger partial charge on any atom is 0.262 e. The fraction of sp³-hybridized carbons (Fsp3) is 0.0556. The Kier molecular flexibility index (Phi) is 3.57. The van der Waals surface area contributed by atoms with Crippen LogP contribution in [-0.2, 0) is 0 Å². The van der Waals surface area contributed by atoms with Crippen LogP contribution in [-0.4, -0.2) is 5.91 Å². The van der Waals surface area contributed by atoms with Crippen molar-refractivity contribution in [3.8, 4) is 0 Å². The highest BCUT2D eigenvalue weighted by Crippen LogP contribution is 2.37. The first-order valence-electron chi connectivity index (χ1n) is 7.22. The van der Waals surface area contributed by atoms with Gasteiger partial charge in [-0.15, -0.1) is 0 Å². The van der Waals surface area contributed by atoms with E-state index in [2.05, 4.69) is 27.9 Å². The maximum absolute atomic E-state index is 13.1. The molecule has 0 saturated heterocycles. The molecule has 1 amide bonds. The second kappa shape index (κ2) is 5.73. The summed E-state index contributed by atoms with van der Waals surface area (Å²) in [5.41, 5.74) is 2.32. The van der Waals surface area contributed by atoms with Gasteiger partial charge in [0.1, 0.15) is 5.76 Å². The number of amides is 1. The Labute approximate surface area is 147 Å². The summed E-state index contributed by atoms with van der Waals surface area (Å²) >= 11 is 2.22. The molecule has 0 bridgehead atoms. The summed E-state index contributed by atoms with van der Waals surface area (Å²) < 4.78 is 6.58. The summed E-state index contributed by atoms with van der Waals surface area (Å²) in [5, 5.41) is 3.41. The number of benzene rings is 2. The average molecular weight is 416 g/mol. The third kappa shape index (κ3) is 2.50. The van der Waals surface area contributed by atoms with Crippen LogP contribution in [0.1, 0.15) is 22.3 Å². The zero-order chi connectivity index (χ0) is 15.8. The predicted molar refractivity (Wildman–Crippen MR) is 97.5 cm³/mol. The van der Waals surface area contributed by atoms with Crippen LogP contribution in [0.2, 0.25) is 0 Å². The quantitative estimate of drug-likeness (QED) is 0.619. The third-order valence-electron chi connectivity index (χ3n) is 3.83. The summed E-state index contributed by atoms with van der Waals surface area (Å²) in [7, 11) is 0. The summed E-state index contributed by atoms with van der Waals surface area (Å²) in [6.07, 6.45) is 1.25. The number of nitrogens with one attached hydrogen (secondary N) is 1. The summed E-state index contributed by atoms with van der Waals surface area (Å²) in [6, 6.07) is 19.2. The van der Waals surface area contributed by atoms with Crippen LogP contribution in [0.15, 0.2) is 71.3 Å². The van der Waals surface area contributed by atoms with Gasteiger partial charge in [-0.2, -0.15) is 0 Å². The van der Waals surface area contributed by atoms with Gasteiger partial charge in [-0.1, -0.05) is 18.2 Å². The molecule has 1 aliphatic heterocycles. The number of rotatable bonds is 2. The first-order valence-corrected chi connectivity index (χ1v) is 8.30. The molecule has 5 heteroatoms. The van der Waals surface area contributed by atoms with E-state index in [0.29, 0.717) is 11.3 Å². The lowest BCUT2D eigenvalue weighted by molar-refractivity contribution is 0.0971. The molecule has 0 spiro atoms. The molecular weight excluding hydrogens is 403 g/mol. The smallest absolute Gasteiger partial charge is 0.262 e. The van der Waals surface area contributed by atoms with Crippen molar-refractivity contribution >= 4 is 39.9 Å². The third-order valence-corrected chi connectivity index (χ3v) is 4.50. The van der Waals surface area contributed by atoms with Crippen LogP contribution in [0.25, 0.3) is 0 Å². The molecule has 23 heavy (non-hydrogen) atoms. The summed E-state index contributed by atoms with van der Waals surface area (Å²) in [5.74, 6) is 0.663. The van der Waals surface area contributed by atoms with Gasteiger partial charge in [0.2, 0.25) is 0 Å². The van der Waals surface area contributed by atoms with Gasteiger partial charge >= 0.3 is 0 Å². The Bertz CT molecular complexity index is 847. The molecule has 0 aliphatic carbocycles. The Morgan fingerprint density at radius 2 is 1.87 bits per heavy atom. The average Bonchev–Trinajstić information content (AvgIpc) is 3.10. The van der Waals surface area contributed by atoms with Crippen LogP contribution in [0.5, 0.6) is 0 Å². The van der Waals surface area contributed by atoms with E-state index in [1.54, 1.807) is 11.2 Å². The number of carbonyl (C=O) groups is 1. The molecule has 0 fully saturated rings. The number of carbonyl (C=O) groups excluding carboxylic acids is 1. The standard InChI is InChI=1S/C18H13IN2O2/c19-12-8-9-15-14(11-12)18(22)21(13-5-2-1-3-6-13)17(20-15)16-7-4-10-23-16/h1-11,17,20H/t17-/m0/s1. The number of hydrogen-bond donors (Lipinski definition) is 1. The zero-order valence-electron chi connectivity index (χ0n) is 12.1. The van der Waals surface area contributed by atoms with Crippen molar-refractivity contribution in [1.29, 1.82) is 0 Å². The van der Waals surface area contributed by atoms with E-state index in [4.69, 9.17) is 4.42 Å². The molecule has 0 radical (unpaired) electrons. The van der Waals surface area contributed by atoms with Crippen LogP contribution in [0.3, 0.4) is 0 Å². The molecule has 1 aliphatic rings. The van der Waals surface area contributed by atoms with Crippen molar-refractivity contribution in [3.05, 3.63) is 81.8 Å². The second-order valence-corrected chi connectivity index (χ2v) is 6.51. The van der Waals surface area contributed by atoms with Crippen molar-refractivity contribution in [2.24, 2.45) is 0 Å². The maximum atomic E-state index is 13.1. The minimum Gasteiger partial charge on any atom is -0.465 e. The highest BCUT2D eigenvalue weighted by molar-refractivity contribution is 14.1. The lowest BCUT2D eigenvalue weighted by Gasteiger charge is -2.36. The molecule has 1 aromatic heterocycles. The lowest BCUT2D eigenvalue weighted by Crippen LogP contribution is -2.43. The number of nitrogens with zero attached hydrogens (tertiary/aromatic N) is 1. The largest absolute Gasteiger partial charge is 0.465 e. The van der Waals surface area contributed by atoms with E-state index >= 15 is 0 Å². The number of fused-ring (bicyclic) bond motifs is 1. The van der Waals surface area contributed by atoms with Crippen molar-refractivity contribution in [2.45, 2.75) is 6.17 Å². The van der Waals surface area contributed by atoms with Crippen LogP contribution in [0.4, 0.5) is 11.4 Å². The number of anilines is 2.